The molecule has 128 valence electrons. The molecule has 0 bridgehead atoms. The van der Waals surface area contributed by atoms with E-state index in [4.69, 9.17) is 16.3 Å². The van der Waals surface area contributed by atoms with E-state index >= 15 is 0 Å². The zero-order valence-electron chi connectivity index (χ0n) is 13.6. The average molecular weight is 364 g/mol. The summed E-state index contributed by atoms with van der Waals surface area (Å²) in [6, 6.07) is 17.8. The van der Waals surface area contributed by atoms with E-state index in [2.05, 4.69) is 15.2 Å². The van der Waals surface area contributed by atoms with Crippen molar-refractivity contribution in [1.82, 2.24) is 15.2 Å². The summed E-state index contributed by atoms with van der Waals surface area (Å²) in [6.07, 6.45) is 1.70. The van der Waals surface area contributed by atoms with Crippen LogP contribution in [0.2, 0.25) is 5.02 Å². The van der Waals surface area contributed by atoms with E-state index < -0.39 is 0 Å². The molecule has 1 N–H and O–H groups in total. The molecule has 0 unspecified atom stereocenters. The van der Waals surface area contributed by atoms with Crippen LogP contribution in [0.15, 0.2) is 66.9 Å². The van der Waals surface area contributed by atoms with Crippen molar-refractivity contribution in [3.63, 3.8) is 0 Å². The molecule has 0 radical (unpaired) electrons. The first-order valence-electron chi connectivity index (χ1n) is 8.02. The lowest BCUT2D eigenvalue weighted by Crippen LogP contribution is -2.06. The van der Waals surface area contributed by atoms with E-state index in [0.717, 1.165) is 11.1 Å². The van der Waals surface area contributed by atoms with Gasteiger partial charge in [-0.2, -0.15) is 5.10 Å². The summed E-state index contributed by atoms with van der Waals surface area (Å²) in [5.41, 5.74) is 2.42. The number of aromatic amines is 1. The van der Waals surface area contributed by atoms with Crippen LogP contribution in [0.1, 0.15) is 21.6 Å². The number of benzene rings is 2. The number of rotatable bonds is 5. The predicted molar refractivity (Wildman–Crippen MR) is 99.5 cm³/mol. The van der Waals surface area contributed by atoms with Crippen LogP contribution in [0.5, 0.6) is 5.75 Å². The minimum atomic E-state index is -0.142. The van der Waals surface area contributed by atoms with Crippen molar-refractivity contribution in [3.05, 3.63) is 88.7 Å². The number of ether oxygens (including phenoxy) is 1. The van der Waals surface area contributed by atoms with Crippen LogP contribution in [0, 0.1) is 0 Å². The summed E-state index contributed by atoms with van der Waals surface area (Å²) in [5.74, 6) is 0.319. The maximum atomic E-state index is 12.8. The molecule has 2 heterocycles. The molecule has 0 aliphatic heterocycles. The molecule has 4 rings (SSSR count). The average Bonchev–Trinajstić information content (AvgIpc) is 3.10. The summed E-state index contributed by atoms with van der Waals surface area (Å²) in [4.78, 5) is 17.0. The fourth-order valence-electron chi connectivity index (χ4n) is 2.71. The van der Waals surface area contributed by atoms with Gasteiger partial charge in [-0.3, -0.25) is 9.89 Å². The number of H-pyrrole nitrogens is 1. The lowest BCUT2D eigenvalue weighted by molar-refractivity contribution is 0.103. The van der Waals surface area contributed by atoms with Crippen molar-refractivity contribution in [2.75, 3.05) is 0 Å². The van der Waals surface area contributed by atoms with Crippen LogP contribution >= 0.6 is 11.6 Å². The highest BCUT2D eigenvalue weighted by molar-refractivity contribution is 6.31. The van der Waals surface area contributed by atoms with Gasteiger partial charge in [-0.15, -0.1) is 0 Å². The molecule has 0 saturated heterocycles. The van der Waals surface area contributed by atoms with Gasteiger partial charge in [0.05, 0.1) is 5.56 Å². The van der Waals surface area contributed by atoms with Crippen LogP contribution in [0.25, 0.3) is 11.0 Å². The van der Waals surface area contributed by atoms with Crippen LogP contribution in [-0.2, 0) is 6.61 Å². The van der Waals surface area contributed by atoms with E-state index in [9.17, 15) is 4.79 Å². The fraction of sp³-hybridized carbons (Fsp3) is 0.0500. The number of ketones is 1. The highest BCUT2D eigenvalue weighted by Gasteiger charge is 2.16. The minimum Gasteiger partial charge on any atom is -0.486 e. The Morgan fingerprint density at radius 2 is 1.92 bits per heavy atom. The second-order valence-electron chi connectivity index (χ2n) is 5.69. The molecule has 0 aliphatic rings. The lowest BCUT2D eigenvalue weighted by Gasteiger charge is -2.11. The van der Waals surface area contributed by atoms with Crippen molar-refractivity contribution in [1.29, 1.82) is 0 Å². The number of carbonyl (C=O) groups is 1. The van der Waals surface area contributed by atoms with Crippen LogP contribution in [0.3, 0.4) is 0 Å². The Balaban J connectivity index is 1.64. The number of aromatic nitrogens is 3. The monoisotopic (exact) mass is 363 g/mol. The van der Waals surface area contributed by atoms with Gasteiger partial charge >= 0.3 is 0 Å². The van der Waals surface area contributed by atoms with E-state index in [1.807, 2.05) is 30.3 Å². The normalized spacial score (nSPS) is 10.8. The second kappa shape index (κ2) is 6.98. The first kappa shape index (κ1) is 16.3. The summed E-state index contributed by atoms with van der Waals surface area (Å²) >= 11 is 6.09. The van der Waals surface area contributed by atoms with Crippen LogP contribution < -0.4 is 4.74 Å². The quantitative estimate of drug-likeness (QED) is 0.533. The number of halogens is 1. The van der Waals surface area contributed by atoms with Gasteiger partial charge < -0.3 is 4.74 Å². The van der Waals surface area contributed by atoms with E-state index in [1.54, 1.807) is 36.5 Å². The molecule has 5 nitrogen and oxygen atoms in total. The second-order valence-corrected chi connectivity index (χ2v) is 6.13. The first-order valence-corrected chi connectivity index (χ1v) is 8.40. The van der Waals surface area contributed by atoms with Crippen molar-refractivity contribution in [2.45, 2.75) is 6.61 Å². The molecule has 0 amide bonds. The van der Waals surface area contributed by atoms with Crippen molar-refractivity contribution < 1.29 is 9.53 Å². The summed E-state index contributed by atoms with van der Waals surface area (Å²) in [7, 11) is 0. The van der Waals surface area contributed by atoms with Crippen LogP contribution in [-0.4, -0.2) is 21.0 Å². The zero-order chi connectivity index (χ0) is 17.9. The SMILES string of the molecule is O=C(c1ccccc1)c1cc(Cl)ccc1OCc1n[nH]c2ncccc12. The molecule has 2 aromatic heterocycles. The minimum absolute atomic E-state index is 0.142. The van der Waals surface area contributed by atoms with Gasteiger partial charge in [0, 0.05) is 22.2 Å². The molecule has 4 aromatic rings. The molecule has 6 heteroatoms. The van der Waals surface area contributed by atoms with Crippen molar-refractivity contribution in [3.8, 4) is 5.75 Å². The van der Waals surface area contributed by atoms with Gasteiger partial charge in [0.15, 0.2) is 11.4 Å². The maximum Gasteiger partial charge on any atom is 0.196 e. The molecular weight excluding hydrogens is 350 g/mol. The number of hydrogen-bond acceptors (Lipinski definition) is 4. The van der Waals surface area contributed by atoms with E-state index in [-0.39, 0.29) is 12.4 Å². The summed E-state index contributed by atoms with van der Waals surface area (Å²) < 4.78 is 5.90. The maximum absolute atomic E-state index is 12.8. The Morgan fingerprint density at radius 1 is 1.08 bits per heavy atom. The van der Waals surface area contributed by atoms with Gasteiger partial charge in [0.1, 0.15) is 18.1 Å². The van der Waals surface area contributed by atoms with Crippen molar-refractivity contribution in [2.24, 2.45) is 0 Å². The Morgan fingerprint density at radius 3 is 2.77 bits per heavy atom. The third kappa shape index (κ3) is 3.17. The Kier molecular flexibility index (Phi) is 4.37. The Bertz CT molecular complexity index is 1080. The first-order chi connectivity index (χ1) is 12.7. The number of hydrogen-bond donors (Lipinski definition) is 1. The van der Waals surface area contributed by atoms with Gasteiger partial charge in [-0.1, -0.05) is 41.9 Å². The molecule has 26 heavy (non-hydrogen) atoms. The third-order valence-electron chi connectivity index (χ3n) is 4.00. The number of nitrogens with one attached hydrogen (secondary N) is 1. The molecule has 0 spiro atoms. The number of nitrogens with zero attached hydrogens (tertiary/aromatic N) is 2. The van der Waals surface area contributed by atoms with E-state index in [1.165, 1.54) is 0 Å². The zero-order valence-corrected chi connectivity index (χ0v) is 14.4. The number of carbonyl (C=O) groups excluding carboxylic acids is 1. The molecule has 0 fully saturated rings. The summed E-state index contributed by atoms with van der Waals surface area (Å²) in [5, 5.41) is 8.47. The Hall–Kier alpha value is -3.18. The van der Waals surface area contributed by atoms with Gasteiger partial charge in [-0.25, -0.2) is 4.98 Å². The lowest BCUT2D eigenvalue weighted by atomic mass is 10.0. The van der Waals surface area contributed by atoms with Gasteiger partial charge in [0.2, 0.25) is 0 Å². The molecule has 2 aromatic carbocycles. The van der Waals surface area contributed by atoms with Gasteiger partial charge in [-0.05, 0) is 30.3 Å². The molecule has 0 saturated carbocycles. The number of pyridine rings is 1. The van der Waals surface area contributed by atoms with E-state index in [0.29, 0.717) is 27.5 Å². The third-order valence-corrected chi connectivity index (χ3v) is 4.24. The molecular formula is C20H14ClN3O2. The van der Waals surface area contributed by atoms with Crippen molar-refractivity contribution >= 4 is 28.4 Å². The highest BCUT2D eigenvalue weighted by Crippen LogP contribution is 2.27. The topological polar surface area (TPSA) is 67.9 Å². The molecule has 0 aliphatic carbocycles. The summed E-state index contributed by atoms with van der Waals surface area (Å²) in [6.45, 7) is 0.211. The van der Waals surface area contributed by atoms with Gasteiger partial charge in [0.25, 0.3) is 0 Å². The van der Waals surface area contributed by atoms with Crippen LogP contribution in [0.4, 0.5) is 0 Å². The predicted octanol–water partition coefficient (Wildman–Crippen LogP) is 4.42. The smallest absolute Gasteiger partial charge is 0.196 e. The number of fused-ring (bicyclic) bond motifs is 1. The highest BCUT2D eigenvalue weighted by atomic mass is 35.5. The molecule has 0 atom stereocenters. The Labute approximate surface area is 154 Å². The largest absolute Gasteiger partial charge is 0.486 e. The standard InChI is InChI=1S/C20H14ClN3O2/c21-14-8-9-18(16(11-14)19(25)13-5-2-1-3-6-13)26-12-17-15-7-4-10-22-20(15)24-23-17/h1-11H,12H2,(H,22,23,24). The fourth-order valence-corrected chi connectivity index (χ4v) is 2.89.